The Balaban J connectivity index is 2.32. The Labute approximate surface area is 72.2 Å². The van der Waals surface area contributed by atoms with Gasteiger partial charge < -0.3 is 4.90 Å². The standard InChI is InChI=1S/C5H8BNO4S/c1-12(9,10)11-4-2-7(3-4)5(6)8/h4H,2-3H2,1H3. The number of nitrogens with zero attached hydrogens (tertiary/aromatic N) is 1. The van der Waals surface area contributed by atoms with E-state index in [0.29, 0.717) is 0 Å². The summed E-state index contributed by atoms with van der Waals surface area (Å²) < 4.78 is 25.7. The highest BCUT2D eigenvalue weighted by Crippen LogP contribution is 2.12. The molecule has 5 nitrogen and oxygen atoms in total. The van der Waals surface area contributed by atoms with Crippen molar-refractivity contribution < 1.29 is 17.4 Å². The van der Waals surface area contributed by atoms with Crippen molar-refractivity contribution in [3.63, 3.8) is 0 Å². The van der Waals surface area contributed by atoms with Crippen LogP contribution < -0.4 is 0 Å². The Bertz CT molecular complexity index is 282. The molecule has 0 bridgehead atoms. The largest absolute Gasteiger partial charge is 0.347 e. The van der Waals surface area contributed by atoms with Gasteiger partial charge in [0.25, 0.3) is 10.1 Å². The predicted octanol–water partition coefficient (Wildman–Crippen LogP) is -1.06. The van der Waals surface area contributed by atoms with E-state index < -0.39 is 22.0 Å². The molecule has 0 N–H and O–H groups in total. The summed E-state index contributed by atoms with van der Waals surface area (Å²) in [4.78, 5) is 11.7. The predicted molar refractivity (Wildman–Crippen MR) is 42.4 cm³/mol. The van der Waals surface area contributed by atoms with Crippen molar-refractivity contribution in [2.45, 2.75) is 6.10 Å². The molecule has 0 atom stereocenters. The molecule has 0 unspecified atom stereocenters. The van der Waals surface area contributed by atoms with Gasteiger partial charge in [-0.25, -0.2) is 0 Å². The Kier molecular flexibility index (Phi) is 2.43. The zero-order valence-electron chi connectivity index (χ0n) is 6.56. The van der Waals surface area contributed by atoms with Gasteiger partial charge in [-0.1, -0.05) is 0 Å². The fourth-order valence-electron chi connectivity index (χ4n) is 0.926. The van der Waals surface area contributed by atoms with Crippen LogP contribution in [0, 0.1) is 0 Å². The lowest BCUT2D eigenvalue weighted by Gasteiger charge is -2.37. The molecule has 1 rings (SSSR count). The molecule has 1 aliphatic rings. The van der Waals surface area contributed by atoms with Gasteiger partial charge in [0.2, 0.25) is 7.85 Å². The fourth-order valence-corrected chi connectivity index (χ4v) is 1.54. The lowest BCUT2D eigenvalue weighted by Crippen LogP contribution is -2.54. The molecule has 12 heavy (non-hydrogen) atoms. The maximum atomic E-state index is 10.6. The van der Waals surface area contributed by atoms with Crippen LogP contribution in [0.4, 0.5) is 4.79 Å². The normalized spacial score (nSPS) is 18.9. The number of amides is 1. The highest BCUT2D eigenvalue weighted by molar-refractivity contribution is 7.86. The van der Waals surface area contributed by atoms with Crippen molar-refractivity contribution in [1.82, 2.24) is 4.90 Å². The molecule has 0 aromatic carbocycles. The molecule has 7 heteroatoms. The molecule has 0 aromatic heterocycles. The first-order valence-corrected chi connectivity index (χ1v) is 5.13. The molecule has 1 saturated heterocycles. The van der Waals surface area contributed by atoms with Crippen LogP contribution in [0.15, 0.2) is 0 Å². The molecule has 0 spiro atoms. The van der Waals surface area contributed by atoms with Crippen LogP contribution in [0.5, 0.6) is 0 Å². The summed E-state index contributed by atoms with van der Waals surface area (Å²) in [6, 6.07) is 0. The number of hydrogen-bond acceptors (Lipinski definition) is 4. The Morgan fingerprint density at radius 1 is 1.58 bits per heavy atom. The minimum atomic E-state index is -3.41. The van der Waals surface area contributed by atoms with E-state index in [1.54, 1.807) is 0 Å². The average Bonchev–Trinajstić information content (AvgIpc) is 1.74. The first-order valence-electron chi connectivity index (χ1n) is 3.31. The first-order chi connectivity index (χ1) is 5.38. The third-order valence-electron chi connectivity index (χ3n) is 1.47. The maximum absolute atomic E-state index is 10.6. The Morgan fingerprint density at radius 2 is 2.08 bits per heavy atom. The molecule has 1 fully saturated rings. The summed E-state index contributed by atoms with van der Waals surface area (Å²) in [7, 11) is 1.49. The third kappa shape index (κ3) is 2.49. The smallest absolute Gasteiger partial charge is 0.264 e. The van der Waals surface area contributed by atoms with Gasteiger partial charge in [0.1, 0.15) is 6.10 Å². The van der Waals surface area contributed by atoms with Gasteiger partial charge in [-0.15, -0.1) is 0 Å². The van der Waals surface area contributed by atoms with Crippen LogP contribution in [0.2, 0.25) is 0 Å². The third-order valence-corrected chi connectivity index (χ3v) is 2.09. The molecule has 1 aliphatic heterocycles. The van der Waals surface area contributed by atoms with E-state index in [2.05, 4.69) is 4.18 Å². The molecule has 1 heterocycles. The van der Waals surface area contributed by atoms with Crippen molar-refractivity contribution in [2.24, 2.45) is 0 Å². The molecule has 0 saturated carbocycles. The molecule has 0 aliphatic carbocycles. The Hall–Kier alpha value is -0.555. The lowest BCUT2D eigenvalue weighted by molar-refractivity contribution is 0.0586. The second-order valence-electron chi connectivity index (χ2n) is 2.67. The van der Waals surface area contributed by atoms with Crippen molar-refractivity contribution in [3.8, 4) is 0 Å². The van der Waals surface area contributed by atoms with E-state index in [-0.39, 0.29) is 13.1 Å². The summed E-state index contributed by atoms with van der Waals surface area (Å²) in [5.41, 5.74) is 0. The van der Waals surface area contributed by atoms with E-state index >= 15 is 0 Å². The number of hydrogen-bond donors (Lipinski definition) is 0. The highest BCUT2D eigenvalue weighted by Gasteiger charge is 2.31. The molecule has 1 amide bonds. The lowest BCUT2D eigenvalue weighted by atomic mass is 10.0. The zero-order chi connectivity index (χ0) is 9.35. The average molecular weight is 189 g/mol. The van der Waals surface area contributed by atoms with E-state index in [1.165, 1.54) is 4.90 Å². The molecular weight excluding hydrogens is 181 g/mol. The number of likely N-dealkylation sites (tertiary alicyclic amines) is 1. The molecular formula is C5H8BNO4S. The highest BCUT2D eigenvalue weighted by atomic mass is 32.2. The van der Waals surface area contributed by atoms with Gasteiger partial charge in [0.05, 0.1) is 6.26 Å². The quantitative estimate of drug-likeness (QED) is 0.410. The van der Waals surface area contributed by atoms with Gasteiger partial charge in [-0.3, -0.25) is 8.98 Å². The summed E-state index contributed by atoms with van der Waals surface area (Å²) in [5.74, 6) is -0.552. The van der Waals surface area contributed by atoms with Gasteiger partial charge in [0, 0.05) is 13.1 Å². The van der Waals surface area contributed by atoms with Gasteiger partial charge in [-0.2, -0.15) is 8.42 Å². The monoisotopic (exact) mass is 189 g/mol. The van der Waals surface area contributed by atoms with Crippen LogP contribution in [0.3, 0.4) is 0 Å². The second kappa shape index (κ2) is 3.06. The van der Waals surface area contributed by atoms with Gasteiger partial charge in [-0.05, 0) is 0 Å². The first kappa shape index (κ1) is 9.53. The van der Waals surface area contributed by atoms with E-state index in [1.807, 2.05) is 0 Å². The van der Waals surface area contributed by atoms with Crippen LogP contribution >= 0.6 is 0 Å². The zero-order valence-corrected chi connectivity index (χ0v) is 7.37. The molecule has 2 radical (unpaired) electrons. The topological polar surface area (TPSA) is 63.7 Å². The van der Waals surface area contributed by atoms with E-state index in [4.69, 9.17) is 7.85 Å². The maximum Gasteiger partial charge on any atom is 0.264 e. The summed E-state index contributed by atoms with van der Waals surface area (Å²) in [5, 5.41) is 0. The number of carbonyl (C=O) groups is 1. The van der Waals surface area contributed by atoms with Gasteiger partial charge >= 0.3 is 0 Å². The Morgan fingerprint density at radius 3 is 2.42 bits per heavy atom. The summed E-state index contributed by atoms with van der Waals surface area (Å²) >= 11 is 0. The van der Waals surface area contributed by atoms with E-state index in [0.717, 1.165) is 6.26 Å². The van der Waals surface area contributed by atoms with Crippen LogP contribution in [-0.2, 0) is 14.3 Å². The van der Waals surface area contributed by atoms with Crippen LogP contribution in [0.25, 0.3) is 0 Å². The second-order valence-corrected chi connectivity index (χ2v) is 4.27. The van der Waals surface area contributed by atoms with Gasteiger partial charge in [0.15, 0.2) is 5.81 Å². The van der Waals surface area contributed by atoms with Crippen molar-refractivity contribution in [3.05, 3.63) is 0 Å². The molecule has 0 aromatic rings. The summed E-state index contributed by atoms with van der Waals surface area (Å²) in [6.45, 7) is 0.505. The number of carbonyl (C=O) groups excluding carboxylic acids is 1. The van der Waals surface area contributed by atoms with E-state index in [9.17, 15) is 13.2 Å². The van der Waals surface area contributed by atoms with Crippen LogP contribution in [0.1, 0.15) is 0 Å². The fraction of sp³-hybridized carbons (Fsp3) is 0.800. The minimum absolute atomic E-state index is 0.252. The summed E-state index contributed by atoms with van der Waals surface area (Å²) in [6.07, 6.45) is 0.549. The number of rotatable bonds is 2. The van der Waals surface area contributed by atoms with Crippen molar-refractivity contribution in [2.75, 3.05) is 19.3 Å². The SMILES string of the molecule is [B]C(=O)N1CC(OS(C)(=O)=O)C1. The van der Waals surface area contributed by atoms with Crippen molar-refractivity contribution in [1.29, 1.82) is 0 Å². The van der Waals surface area contributed by atoms with Crippen molar-refractivity contribution >= 4 is 23.8 Å². The van der Waals surface area contributed by atoms with Crippen LogP contribution in [-0.4, -0.2) is 52.4 Å². The minimum Gasteiger partial charge on any atom is -0.347 e. The molecule has 66 valence electrons.